The van der Waals surface area contributed by atoms with Gasteiger partial charge in [-0.2, -0.15) is 0 Å². The molecule has 0 radical (unpaired) electrons. The molecule has 2 heterocycles. The Hall–Kier alpha value is -2.30. The molecular weight excluding hydrogens is 354 g/mol. The van der Waals surface area contributed by atoms with E-state index in [-0.39, 0.29) is 29.2 Å². The van der Waals surface area contributed by atoms with Crippen molar-refractivity contribution in [1.29, 1.82) is 0 Å². The minimum atomic E-state index is -0.430. The number of fused-ring (bicyclic) bond motifs is 3. The van der Waals surface area contributed by atoms with E-state index in [9.17, 15) is 9.59 Å². The van der Waals surface area contributed by atoms with Crippen LogP contribution in [-0.2, 0) is 11.2 Å². The van der Waals surface area contributed by atoms with Crippen molar-refractivity contribution in [2.45, 2.75) is 59.4 Å². The van der Waals surface area contributed by atoms with E-state index in [0.29, 0.717) is 16.9 Å². The van der Waals surface area contributed by atoms with Gasteiger partial charge in [-0.1, -0.05) is 20.8 Å². The Bertz CT molecular complexity index is 1010. The van der Waals surface area contributed by atoms with Gasteiger partial charge >= 0.3 is 5.63 Å². The van der Waals surface area contributed by atoms with E-state index in [0.717, 1.165) is 36.8 Å². The van der Waals surface area contributed by atoms with Crippen molar-refractivity contribution in [3.05, 3.63) is 39.7 Å². The fourth-order valence-corrected chi connectivity index (χ4v) is 5.71. The van der Waals surface area contributed by atoms with Crippen LogP contribution in [0.4, 0.5) is 0 Å². The lowest BCUT2D eigenvalue weighted by atomic mass is 9.65. The third-order valence-corrected chi connectivity index (χ3v) is 6.56. The predicted octanol–water partition coefficient (Wildman–Crippen LogP) is 4.08. The molecule has 4 rings (SSSR count). The molecule has 2 bridgehead atoms. The summed E-state index contributed by atoms with van der Waals surface area (Å²) in [7, 11) is 1.58. The zero-order chi connectivity index (χ0) is 20.3. The summed E-state index contributed by atoms with van der Waals surface area (Å²) in [5.41, 5.74) is 1.78. The molecule has 0 N–H and O–H groups in total. The summed E-state index contributed by atoms with van der Waals surface area (Å²) < 4.78 is 10.7. The number of aryl methyl sites for hydroxylation is 1. The number of carbonyl (C=O) groups is 1. The molecule has 0 unspecified atom stereocenters. The molecule has 5 nitrogen and oxygen atoms in total. The van der Waals surface area contributed by atoms with Crippen LogP contribution in [0, 0.1) is 17.8 Å². The third kappa shape index (κ3) is 3.21. The highest BCUT2D eigenvalue weighted by Gasteiger charge is 2.50. The van der Waals surface area contributed by atoms with Crippen LogP contribution >= 0.6 is 0 Å². The van der Waals surface area contributed by atoms with E-state index in [4.69, 9.17) is 9.15 Å². The Kier molecular flexibility index (Phi) is 4.32. The first kappa shape index (κ1) is 19.0. The van der Waals surface area contributed by atoms with Gasteiger partial charge in [-0.15, -0.1) is 0 Å². The molecule has 1 saturated carbocycles. The largest absolute Gasteiger partial charge is 0.497 e. The van der Waals surface area contributed by atoms with Crippen LogP contribution in [0.3, 0.4) is 0 Å². The van der Waals surface area contributed by atoms with E-state index in [1.54, 1.807) is 13.2 Å². The Labute approximate surface area is 165 Å². The molecular formula is C23H29NO4. The van der Waals surface area contributed by atoms with Gasteiger partial charge in [0, 0.05) is 24.0 Å². The zero-order valence-corrected chi connectivity index (χ0v) is 17.4. The summed E-state index contributed by atoms with van der Waals surface area (Å²) >= 11 is 0. The number of hydrogen-bond acceptors (Lipinski definition) is 4. The van der Waals surface area contributed by atoms with Crippen molar-refractivity contribution >= 4 is 16.9 Å². The third-order valence-electron chi connectivity index (χ3n) is 6.56. The number of benzene rings is 1. The minimum absolute atomic E-state index is 0.0367. The maximum atomic E-state index is 13.2. The molecule has 2 aliphatic rings. The average Bonchev–Trinajstić information content (AvgIpc) is 2.86. The van der Waals surface area contributed by atoms with E-state index in [1.165, 1.54) is 0 Å². The molecule has 2 aromatic rings. The van der Waals surface area contributed by atoms with Crippen molar-refractivity contribution < 1.29 is 13.9 Å². The predicted molar refractivity (Wildman–Crippen MR) is 109 cm³/mol. The highest BCUT2D eigenvalue weighted by molar-refractivity contribution is 5.85. The van der Waals surface area contributed by atoms with Gasteiger partial charge in [0.2, 0.25) is 5.91 Å². The SMILES string of the molecule is COc1ccc2c(C)c(CC(=O)N3C[C@@]4(C)C[C@H]3CC(C)(C)C4)c(=O)oc2c1. The molecule has 150 valence electrons. The molecule has 28 heavy (non-hydrogen) atoms. The van der Waals surface area contributed by atoms with Crippen LogP contribution in [0.2, 0.25) is 0 Å². The molecule has 5 heteroatoms. The number of ether oxygens (including phenoxy) is 1. The second-order valence-electron chi connectivity index (χ2n) is 9.77. The fourth-order valence-electron chi connectivity index (χ4n) is 5.71. The van der Waals surface area contributed by atoms with Crippen molar-refractivity contribution in [3.8, 4) is 5.75 Å². The van der Waals surface area contributed by atoms with Crippen LogP contribution in [0.5, 0.6) is 5.75 Å². The molecule has 2 atom stereocenters. The lowest BCUT2D eigenvalue weighted by Gasteiger charge is -2.39. The Morgan fingerprint density at radius 1 is 1.29 bits per heavy atom. The first-order valence-electron chi connectivity index (χ1n) is 10.0. The van der Waals surface area contributed by atoms with E-state index in [1.807, 2.05) is 24.0 Å². The van der Waals surface area contributed by atoms with Crippen LogP contribution in [-0.4, -0.2) is 30.5 Å². The van der Waals surface area contributed by atoms with Crippen LogP contribution < -0.4 is 10.4 Å². The molecule has 0 spiro atoms. The second-order valence-corrected chi connectivity index (χ2v) is 9.77. The van der Waals surface area contributed by atoms with Gasteiger partial charge in [0.15, 0.2) is 0 Å². The van der Waals surface area contributed by atoms with Gasteiger partial charge in [0.05, 0.1) is 19.1 Å². The summed E-state index contributed by atoms with van der Waals surface area (Å²) in [4.78, 5) is 27.8. The highest BCUT2D eigenvalue weighted by atomic mass is 16.5. The summed E-state index contributed by atoms with van der Waals surface area (Å²) in [6.45, 7) is 9.55. The lowest BCUT2D eigenvalue weighted by molar-refractivity contribution is -0.131. The van der Waals surface area contributed by atoms with E-state index in [2.05, 4.69) is 20.8 Å². The number of methoxy groups -OCH3 is 1. The fraction of sp³-hybridized carbons (Fsp3) is 0.565. The van der Waals surface area contributed by atoms with Crippen molar-refractivity contribution in [2.75, 3.05) is 13.7 Å². The zero-order valence-electron chi connectivity index (χ0n) is 17.4. The quantitative estimate of drug-likeness (QED) is 0.750. The van der Waals surface area contributed by atoms with Gasteiger partial charge in [0.1, 0.15) is 11.3 Å². The van der Waals surface area contributed by atoms with Crippen LogP contribution in [0.25, 0.3) is 11.0 Å². The molecule has 1 amide bonds. The Morgan fingerprint density at radius 3 is 2.75 bits per heavy atom. The number of rotatable bonds is 3. The van der Waals surface area contributed by atoms with E-state index >= 15 is 0 Å². The maximum absolute atomic E-state index is 13.2. The standard InChI is InChI=1S/C23H29NO4/c1-14-17-7-6-16(27-5)8-19(17)28-21(26)18(14)9-20(25)24-13-23(4)11-15(24)10-22(2,3)12-23/h6-8,15H,9-13H2,1-5H3/t15-,23+/m1/s1. The number of nitrogens with zero attached hydrogens (tertiary/aromatic N) is 1. The molecule has 1 aromatic carbocycles. The van der Waals surface area contributed by atoms with Crippen molar-refractivity contribution in [3.63, 3.8) is 0 Å². The van der Waals surface area contributed by atoms with Gasteiger partial charge in [-0.25, -0.2) is 4.79 Å². The normalized spacial score (nSPS) is 25.9. The van der Waals surface area contributed by atoms with Gasteiger partial charge in [-0.3, -0.25) is 4.79 Å². The first-order chi connectivity index (χ1) is 13.1. The summed E-state index contributed by atoms with van der Waals surface area (Å²) in [5, 5.41) is 0.844. The van der Waals surface area contributed by atoms with Gasteiger partial charge in [-0.05, 0) is 54.7 Å². The molecule has 1 aliphatic carbocycles. The van der Waals surface area contributed by atoms with Crippen molar-refractivity contribution in [2.24, 2.45) is 10.8 Å². The number of hydrogen-bond donors (Lipinski definition) is 0. The molecule has 1 saturated heterocycles. The first-order valence-corrected chi connectivity index (χ1v) is 10.0. The lowest BCUT2D eigenvalue weighted by Crippen LogP contribution is -2.39. The highest BCUT2D eigenvalue weighted by Crippen LogP contribution is 2.52. The summed E-state index contributed by atoms with van der Waals surface area (Å²) in [5.74, 6) is 0.675. The molecule has 1 aliphatic heterocycles. The Balaban J connectivity index is 1.64. The number of likely N-dealkylation sites (tertiary alicyclic amines) is 1. The summed E-state index contributed by atoms with van der Waals surface area (Å²) in [6, 6.07) is 5.71. The number of carbonyl (C=O) groups excluding carboxylic acids is 1. The minimum Gasteiger partial charge on any atom is -0.497 e. The number of amides is 1. The second kappa shape index (κ2) is 6.36. The van der Waals surface area contributed by atoms with Crippen LogP contribution in [0.1, 0.15) is 51.2 Å². The topological polar surface area (TPSA) is 59.8 Å². The maximum Gasteiger partial charge on any atom is 0.340 e. The van der Waals surface area contributed by atoms with Gasteiger partial charge < -0.3 is 14.1 Å². The van der Waals surface area contributed by atoms with E-state index < -0.39 is 5.63 Å². The monoisotopic (exact) mass is 383 g/mol. The summed E-state index contributed by atoms with van der Waals surface area (Å²) in [6.07, 6.45) is 3.33. The Morgan fingerprint density at radius 2 is 2.04 bits per heavy atom. The van der Waals surface area contributed by atoms with Gasteiger partial charge in [0.25, 0.3) is 0 Å². The smallest absolute Gasteiger partial charge is 0.340 e. The molecule has 2 fully saturated rings. The average molecular weight is 383 g/mol. The van der Waals surface area contributed by atoms with Crippen molar-refractivity contribution in [1.82, 2.24) is 4.90 Å². The van der Waals surface area contributed by atoms with Crippen LogP contribution in [0.15, 0.2) is 27.4 Å². The molecule has 1 aromatic heterocycles.